The maximum Gasteiger partial charge on any atom is 0.312 e. The number of fused-ring (bicyclic) bond motifs is 1. The van der Waals surface area contributed by atoms with Crippen LogP contribution in [0.15, 0.2) is 53.1 Å². The summed E-state index contributed by atoms with van der Waals surface area (Å²) in [5.41, 5.74) is 2.18. The molecule has 27 heavy (non-hydrogen) atoms. The third-order valence-corrected chi connectivity index (χ3v) is 4.02. The van der Waals surface area contributed by atoms with E-state index in [9.17, 15) is 9.59 Å². The second-order valence-electron chi connectivity index (χ2n) is 5.91. The minimum Gasteiger partial charge on any atom is -0.497 e. The Labute approximate surface area is 156 Å². The van der Waals surface area contributed by atoms with Gasteiger partial charge >= 0.3 is 5.97 Å². The lowest BCUT2D eigenvalue weighted by Crippen LogP contribution is -2.30. The van der Waals surface area contributed by atoms with Crippen molar-refractivity contribution in [3.8, 4) is 5.75 Å². The average Bonchev–Trinajstić information content (AvgIpc) is 3.10. The number of hydrogen-bond donors (Lipinski definition) is 1. The molecule has 1 N–H and O–H groups in total. The van der Waals surface area contributed by atoms with Gasteiger partial charge in [-0.3, -0.25) is 9.59 Å². The van der Waals surface area contributed by atoms with E-state index >= 15 is 0 Å². The van der Waals surface area contributed by atoms with Gasteiger partial charge in [0.25, 0.3) is 5.91 Å². The van der Waals surface area contributed by atoms with Crippen LogP contribution in [0.1, 0.15) is 11.3 Å². The van der Waals surface area contributed by atoms with E-state index in [4.69, 9.17) is 14.0 Å². The van der Waals surface area contributed by atoms with Gasteiger partial charge < -0.3 is 19.3 Å². The topological polar surface area (TPSA) is 90.7 Å². The lowest BCUT2D eigenvalue weighted by molar-refractivity contribution is -0.147. The summed E-state index contributed by atoms with van der Waals surface area (Å²) in [4.78, 5) is 23.7. The fraction of sp³-hybridized carbons (Fsp3) is 0.250. The first-order chi connectivity index (χ1) is 13.2. The Bertz CT molecular complexity index is 918. The second kappa shape index (κ2) is 8.84. The number of nitrogens with zero attached hydrogens (tertiary/aromatic N) is 1. The molecule has 1 heterocycles. The Hall–Kier alpha value is -3.35. The second-order valence-corrected chi connectivity index (χ2v) is 5.91. The highest BCUT2D eigenvalue weighted by molar-refractivity contribution is 5.85. The molecule has 0 radical (unpaired) electrons. The van der Waals surface area contributed by atoms with Crippen molar-refractivity contribution in [1.29, 1.82) is 0 Å². The zero-order chi connectivity index (χ0) is 19.1. The van der Waals surface area contributed by atoms with Gasteiger partial charge in [0.15, 0.2) is 12.2 Å². The monoisotopic (exact) mass is 368 g/mol. The van der Waals surface area contributed by atoms with Crippen molar-refractivity contribution >= 4 is 22.8 Å². The molecule has 0 unspecified atom stereocenters. The van der Waals surface area contributed by atoms with Gasteiger partial charge in [-0.15, -0.1) is 0 Å². The van der Waals surface area contributed by atoms with Crippen molar-refractivity contribution in [2.45, 2.75) is 12.8 Å². The van der Waals surface area contributed by atoms with Crippen molar-refractivity contribution in [2.75, 3.05) is 20.3 Å². The van der Waals surface area contributed by atoms with Gasteiger partial charge in [0.1, 0.15) is 11.4 Å². The Kier molecular flexibility index (Phi) is 6.04. The van der Waals surface area contributed by atoms with Crippen LogP contribution in [0.3, 0.4) is 0 Å². The number of nitrogens with one attached hydrogen (secondary N) is 1. The Morgan fingerprint density at radius 1 is 1.11 bits per heavy atom. The largest absolute Gasteiger partial charge is 0.497 e. The number of carbonyl (C=O) groups excluding carboxylic acids is 2. The first-order valence-corrected chi connectivity index (χ1v) is 8.54. The fourth-order valence-electron chi connectivity index (χ4n) is 2.59. The zero-order valence-electron chi connectivity index (χ0n) is 14.9. The van der Waals surface area contributed by atoms with Gasteiger partial charge in [-0.2, -0.15) is 0 Å². The van der Waals surface area contributed by atoms with E-state index in [0.29, 0.717) is 24.2 Å². The first-order valence-electron chi connectivity index (χ1n) is 8.54. The molecule has 0 saturated heterocycles. The van der Waals surface area contributed by atoms with Crippen LogP contribution in [-0.2, 0) is 27.2 Å². The van der Waals surface area contributed by atoms with Gasteiger partial charge in [0.05, 0.1) is 13.5 Å². The SMILES string of the molecule is COc1ccc(CCNC(=O)COC(=O)Cc2noc3ccccc23)cc1. The van der Waals surface area contributed by atoms with Crippen LogP contribution in [0.4, 0.5) is 0 Å². The smallest absolute Gasteiger partial charge is 0.312 e. The van der Waals surface area contributed by atoms with E-state index in [1.807, 2.05) is 42.5 Å². The highest BCUT2D eigenvalue weighted by Crippen LogP contribution is 2.18. The number of aromatic nitrogens is 1. The Morgan fingerprint density at radius 2 is 1.89 bits per heavy atom. The zero-order valence-corrected chi connectivity index (χ0v) is 14.9. The van der Waals surface area contributed by atoms with Gasteiger partial charge in [-0.1, -0.05) is 29.4 Å². The number of esters is 1. The number of para-hydroxylation sites is 1. The van der Waals surface area contributed by atoms with Gasteiger partial charge in [-0.25, -0.2) is 0 Å². The fourth-order valence-corrected chi connectivity index (χ4v) is 2.59. The van der Waals surface area contributed by atoms with Crippen LogP contribution in [0.2, 0.25) is 0 Å². The molecule has 3 rings (SSSR count). The average molecular weight is 368 g/mol. The van der Waals surface area contributed by atoms with E-state index in [1.165, 1.54) is 0 Å². The molecule has 0 aliphatic rings. The third kappa shape index (κ3) is 5.07. The van der Waals surface area contributed by atoms with Crippen LogP contribution in [0, 0.1) is 0 Å². The summed E-state index contributed by atoms with van der Waals surface area (Å²) in [7, 11) is 1.61. The number of carbonyl (C=O) groups is 2. The molecule has 3 aromatic rings. The molecule has 0 saturated carbocycles. The van der Waals surface area contributed by atoms with Gasteiger partial charge in [0.2, 0.25) is 0 Å². The molecule has 0 aliphatic carbocycles. The van der Waals surface area contributed by atoms with Gasteiger partial charge in [0, 0.05) is 11.9 Å². The standard InChI is InChI=1S/C20H20N2O5/c1-25-15-8-6-14(7-9-15)10-11-21-19(23)13-26-20(24)12-17-16-4-2-3-5-18(16)27-22-17/h2-9H,10-13H2,1H3,(H,21,23). The molecule has 140 valence electrons. The highest BCUT2D eigenvalue weighted by atomic mass is 16.5. The summed E-state index contributed by atoms with van der Waals surface area (Å²) in [6, 6.07) is 14.9. The molecule has 0 spiro atoms. The lowest BCUT2D eigenvalue weighted by Gasteiger charge is -2.07. The molecule has 1 amide bonds. The van der Waals surface area contributed by atoms with Crippen molar-refractivity contribution < 1.29 is 23.6 Å². The van der Waals surface area contributed by atoms with E-state index in [0.717, 1.165) is 16.7 Å². The van der Waals surface area contributed by atoms with E-state index < -0.39 is 5.97 Å². The predicted octanol–water partition coefficient (Wildman–Crippen LogP) is 2.28. The summed E-state index contributed by atoms with van der Waals surface area (Å²) in [5, 5.41) is 7.36. The van der Waals surface area contributed by atoms with Crippen molar-refractivity contribution in [3.05, 3.63) is 59.8 Å². The van der Waals surface area contributed by atoms with Crippen LogP contribution >= 0.6 is 0 Å². The van der Waals surface area contributed by atoms with Crippen molar-refractivity contribution in [3.63, 3.8) is 0 Å². The van der Waals surface area contributed by atoms with E-state index in [2.05, 4.69) is 10.5 Å². The first kappa shape index (κ1) is 18.4. The summed E-state index contributed by atoms with van der Waals surface area (Å²) < 4.78 is 15.2. The number of methoxy groups -OCH3 is 1. The minimum atomic E-state index is -0.528. The summed E-state index contributed by atoms with van der Waals surface area (Å²) in [5.74, 6) is -0.0872. The maximum absolute atomic E-state index is 11.9. The summed E-state index contributed by atoms with van der Waals surface area (Å²) in [6.45, 7) is 0.133. The molecule has 0 atom stereocenters. The Balaban J connectivity index is 1.38. The summed E-state index contributed by atoms with van der Waals surface area (Å²) in [6.07, 6.45) is 0.630. The van der Waals surface area contributed by atoms with Crippen molar-refractivity contribution in [2.24, 2.45) is 0 Å². The molecule has 0 aliphatic heterocycles. The minimum absolute atomic E-state index is 0.0455. The molecule has 7 nitrogen and oxygen atoms in total. The van der Waals surface area contributed by atoms with Crippen molar-refractivity contribution in [1.82, 2.24) is 10.5 Å². The molecule has 0 fully saturated rings. The maximum atomic E-state index is 11.9. The Morgan fingerprint density at radius 3 is 2.67 bits per heavy atom. The molecule has 0 bridgehead atoms. The van der Waals surface area contributed by atoms with Crippen LogP contribution in [-0.4, -0.2) is 37.3 Å². The summed E-state index contributed by atoms with van der Waals surface area (Å²) >= 11 is 0. The molecule has 1 aromatic heterocycles. The number of benzene rings is 2. The van der Waals surface area contributed by atoms with E-state index in [1.54, 1.807) is 13.2 Å². The quantitative estimate of drug-likeness (QED) is 0.614. The molecular weight excluding hydrogens is 348 g/mol. The number of hydrogen-bond acceptors (Lipinski definition) is 6. The molecule has 7 heteroatoms. The number of amides is 1. The van der Waals surface area contributed by atoms with Gasteiger partial charge in [-0.05, 0) is 36.2 Å². The lowest BCUT2D eigenvalue weighted by atomic mass is 10.1. The van der Waals surface area contributed by atoms with Crippen LogP contribution < -0.4 is 10.1 Å². The predicted molar refractivity (Wildman–Crippen MR) is 98.4 cm³/mol. The normalized spacial score (nSPS) is 10.6. The number of ether oxygens (including phenoxy) is 2. The highest BCUT2D eigenvalue weighted by Gasteiger charge is 2.14. The molecular formula is C20H20N2O5. The number of rotatable bonds is 8. The third-order valence-electron chi connectivity index (χ3n) is 4.02. The van der Waals surface area contributed by atoms with Crippen LogP contribution in [0.5, 0.6) is 5.75 Å². The van der Waals surface area contributed by atoms with Crippen LogP contribution in [0.25, 0.3) is 11.0 Å². The van der Waals surface area contributed by atoms with E-state index in [-0.39, 0.29) is 18.9 Å². The molecule has 2 aromatic carbocycles.